The molecule has 0 saturated heterocycles. The third kappa shape index (κ3) is 3.18. The largest absolute Gasteiger partial charge is 0.383 e. The van der Waals surface area contributed by atoms with Gasteiger partial charge in [0.05, 0.1) is 0 Å². The summed E-state index contributed by atoms with van der Waals surface area (Å²) in [6.07, 6.45) is 1.42. The molecule has 2 rings (SSSR count). The molecule has 3 N–H and O–H groups in total. The lowest BCUT2D eigenvalue weighted by atomic mass is 10.3. The second-order valence-electron chi connectivity index (χ2n) is 4.26. The third-order valence-electron chi connectivity index (χ3n) is 2.76. The monoisotopic (exact) mass is 262 g/mol. The molecule has 0 atom stereocenters. The predicted molar refractivity (Wildman–Crippen MR) is 71.8 cm³/mol. The van der Waals surface area contributed by atoms with Crippen LogP contribution in [-0.4, -0.2) is 26.7 Å². The number of anilines is 2. The molecule has 2 aromatic heterocycles. The van der Waals surface area contributed by atoms with Crippen molar-refractivity contribution in [2.45, 2.75) is 33.6 Å². The van der Waals surface area contributed by atoms with Crippen molar-refractivity contribution in [3.8, 4) is 0 Å². The van der Waals surface area contributed by atoms with Crippen molar-refractivity contribution < 1.29 is 4.52 Å². The standard InChI is InChI=1S/C12H18N6O/c1-4-9-16-11(13)7(2)12(17-9)14-6-5-10-15-8(3)19-18-10/h4-6H2,1-3H3,(H3,13,14,16,17). The molecule has 0 spiro atoms. The number of aromatic nitrogens is 4. The summed E-state index contributed by atoms with van der Waals surface area (Å²) >= 11 is 0. The van der Waals surface area contributed by atoms with E-state index in [1.54, 1.807) is 6.92 Å². The Labute approximate surface area is 111 Å². The number of nitrogens with one attached hydrogen (secondary N) is 1. The highest BCUT2D eigenvalue weighted by Crippen LogP contribution is 2.17. The molecule has 0 amide bonds. The van der Waals surface area contributed by atoms with Crippen molar-refractivity contribution in [2.24, 2.45) is 0 Å². The third-order valence-corrected chi connectivity index (χ3v) is 2.76. The maximum Gasteiger partial charge on any atom is 0.223 e. The van der Waals surface area contributed by atoms with Gasteiger partial charge in [-0.25, -0.2) is 9.97 Å². The normalized spacial score (nSPS) is 10.7. The summed E-state index contributed by atoms with van der Waals surface area (Å²) in [4.78, 5) is 12.8. The fraction of sp³-hybridized carbons (Fsp3) is 0.500. The minimum absolute atomic E-state index is 0.518. The van der Waals surface area contributed by atoms with E-state index in [0.29, 0.717) is 30.5 Å². The molecule has 102 valence electrons. The summed E-state index contributed by atoms with van der Waals surface area (Å²) in [5, 5.41) is 7.07. The van der Waals surface area contributed by atoms with Crippen LogP contribution >= 0.6 is 0 Å². The van der Waals surface area contributed by atoms with Gasteiger partial charge in [-0.2, -0.15) is 4.98 Å². The Morgan fingerprint density at radius 3 is 2.58 bits per heavy atom. The lowest BCUT2D eigenvalue weighted by Crippen LogP contribution is -2.12. The van der Waals surface area contributed by atoms with Gasteiger partial charge in [0.25, 0.3) is 0 Å². The van der Waals surface area contributed by atoms with Crippen LogP contribution in [0.1, 0.15) is 30.0 Å². The maximum absolute atomic E-state index is 5.85. The van der Waals surface area contributed by atoms with Crippen molar-refractivity contribution in [1.82, 2.24) is 20.1 Å². The number of nitrogen functional groups attached to an aromatic ring is 1. The Balaban J connectivity index is 2.01. The highest BCUT2D eigenvalue weighted by molar-refractivity contribution is 5.54. The number of nitrogens with zero attached hydrogens (tertiary/aromatic N) is 4. The molecule has 7 nitrogen and oxygen atoms in total. The van der Waals surface area contributed by atoms with E-state index in [2.05, 4.69) is 25.4 Å². The van der Waals surface area contributed by atoms with E-state index in [9.17, 15) is 0 Å². The van der Waals surface area contributed by atoms with Gasteiger partial charge in [-0.05, 0) is 6.92 Å². The molecule has 0 saturated carbocycles. The zero-order valence-electron chi connectivity index (χ0n) is 11.4. The molecule has 0 fully saturated rings. The van der Waals surface area contributed by atoms with E-state index >= 15 is 0 Å². The number of hydrogen-bond donors (Lipinski definition) is 2. The zero-order valence-corrected chi connectivity index (χ0v) is 11.4. The Morgan fingerprint density at radius 2 is 1.95 bits per heavy atom. The summed E-state index contributed by atoms with van der Waals surface area (Å²) in [7, 11) is 0. The fourth-order valence-corrected chi connectivity index (χ4v) is 1.65. The minimum atomic E-state index is 0.518. The summed E-state index contributed by atoms with van der Waals surface area (Å²) in [5.74, 6) is 3.28. The highest BCUT2D eigenvalue weighted by Gasteiger charge is 2.08. The van der Waals surface area contributed by atoms with Crippen LogP contribution < -0.4 is 11.1 Å². The van der Waals surface area contributed by atoms with Gasteiger partial charge in [-0.15, -0.1) is 0 Å². The second kappa shape index (κ2) is 5.64. The fourth-order valence-electron chi connectivity index (χ4n) is 1.65. The van der Waals surface area contributed by atoms with Crippen LogP contribution in [0.4, 0.5) is 11.6 Å². The Bertz CT molecular complexity index is 565. The topological polar surface area (TPSA) is 103 Å². The maximum atomic E-state index is 5.85. The van der Waals surface area contributed by atoms with Crippen molar-refractivity contribution >= 4 is 11.6 Å². The van der Waals surface area contributed by atoms with E-state index in [0.717, 1.165) is 23.6 Å². The van der Waals surface area contributed by atoms with Gasteiger partial charge in [0, 0.05) is 31.9 Å². The van der Waals surface area contributed by atoms with Crippen LogP contribution in [-0.2, 0) is 12.8 Å². The molecular weight excluding hydrogens is 244 g/mol. The van der Waals surface area contributed by atoms with Crippen LogP contribution in [0.5, 0.6) is 0 Å². The van der Waals surface area contributed by atoms with Crippen LogP contribution in [0.15, 0.2) is 4.52 Å². The molecule has 0 radical (unpaired) electrons. The number of nitrogens with two attached hydrogens (primary N) is 1. The lowest BCUT2D eigenvalue weighted by Gasteiger charge is -2.10. The molecule has 19 heavy (non-hydrogen) atoms. The van der Waals surface area contributed by atoms with Crippen molar-refractivity contribution in [3.63, 3.8) is 0 Å². The van der Waals surface area contributed by atoms with Gasteiger partial charge in [0.1, 0.15) is 17.5 Å². The zero-order chi connectivity index (χ0) is 13.8. The Kier molecular flexibility index (Phi) is 3.94. The van der Waals surface area contributed by atoms with E-state index in [1.165, 1.54) is 0 Å². The summed E-state index contributed by atoms with van der Waals surface area (Å²) in [5.41, 5.74) is 6.71. The van der Waals surface area contributed by atoms with Gasteiger partial charge in [-0.3, -0.25) is 0 Å². The van der Waals surface area contributed by atoms with E-state index < -0.39 is 0 Å². The molecule has 0 unspecified atom stereocenters. The first kappa shape index (κ1) is 13.3. The average molecular weight is 262 g/mol. The SMILES string of the molecule is CCc1nc(N)c(C)c(NCCc2noc(C)n2)n1. The highest BCUT2D eigenvalue weighted by atomic mass is 16.5. The lowest BCUT2D eigenvalue weighted by molar-refractivity contribution is 0.387. The number of rotatable bonds is 5. The van der Waals surface area contributed by atoms with Crippen molar-refractivity contribution in [2.75, 3.05) is 17.6 Å². The summed E-state index contributed by atoms with van der Waals surface area (Å²) in [6.45, 7) is 6.33. The quantitative estimate of drug-likeness (QED) is 0.836. The molecule has 7 heteroatoms. The van der Waals surface area contributed by atoms with Gasteiger partial charge in [-0.1, -0.05) is 12.1 Å². The van der Waals surface area contributed by atoms with Crippen molar-refractivity contribution in [1.29, 1.82) is 0 Å². The van der Waals surface area contributed by atoms with Gasteiger partial charge >= 0.3 is 0 Å². The first-order valence-electron chi connectivity index (χ1n) is 6.26. The molecule has 0 aliphatic rings. The van der Waals surface area contributed by atoms with Crippen LogP contribution in [0.2, 0.25) is 0 Å². The van der Waals surface area contributed by atoms with Gasteiger partial charge in [0.15, 0.2) is 5.82 Å². The van der Waals surface area contributed by atoms with Crippen LogP contribution in [0.3, 0.4) is 0 Å². The van der Waals surface area contributed by atoms with E-state index in [4.69, 9.17) is 10.3 Å². The molecule has 0 aromatic carbocycles. The Hall–Kier alpha value is -2.18. The summed E-state index contributed by atoms with van der Waals surface area (Å²) < 4.78 is 4.91. The summed E-state index contributed by atoms with van der Waals surface area (Å²) in [6, 6.07) is 0. The van der Waals surface area contributed by atoms with Crippen LogP contribution in [0, 0.1) is 13.8 Å². The van der Waals surface area contributed by atoms with E-state index in [-0.39, 0.29) is 0 Å². The Morgan fingerprint density at radius 1 is 1.16 bits per heavy atom. The van der Waals surface area contributed by atoms with Crippen molar-refractivity contribution in [3.05, 3.63) is 23.1 Å². The molecule has 0 bridgehead atoms. The van der Waals surface area contributed by atoms with Gasteiger partial charge in [0.2, 0.25) is 5.89 Å². The molecule has 2 heterocycles. The second-order valence-corrected chi connectivity index (χ2v) is 4.26. The first-order chi connectivity index (χ1) is 9.10. The van der Waals surface area contributed by atoms with Gasteiger partial charge < -0.3 is 15.6 Å². The van der Waals surface area contributed by atoms with Crippen LogP contribution in [0.25, 0.3) is 0 Å². The van der Waals surface area contributed by atoms with E-state index in [1.807, 2.05) is 13.8 Å². The smallest absolute Gasteiger partial charge is 0.223 e. The number of hydrogen-bond acceptors (Lipinski definition) is 7. The predicted octanol–water partition coefficient (Wildman–Crippen LogP) is 1.28. The minimum Gasteiger partial charge on any atom is -0.383 e. The molecule has 0 aliphatic carbocycles. The molecular formula is C12H18N6O. The number of aryl methyl sites for hydroxylation is 2. The average Bonchev–Trinajstić information content (AvgIpc) is 2.80. The first-order valence-corrected chi connectivity index (χ1v) is 6.26. The molecule has 0 aliphatic heterocycles. The molecule has 2 aromatic rings.